The van der Waals surface area contributed by atoms with Crippen molar-refractivity contribution in [2.24, 2.45) is 23.7 Å². The molecule has 4 bridgehead atoms. The monoisotopic (exact) mass is 593 g/mol. The molecule has 0 atom stereocenters. The van der Waals surface area contributed by atoms with Crippen LogP contribution in [0.5, 0.6) is 0 Å². The summed E-state index contributed by atoms with van der Waals surface area (Å²) in [5.41, 5.74) is 11.7. The first kappa shape index (κ1) is 25.4. The maximum absolute atomic E-state index is 6.43. The van der Waals surface area contributed by atoms with Crippen molar-refractivity contribution in [2.75, 3.05) is 4.90 Å². The van der Waals surface area contributed by atoms with Gasteiger partial charge < -0.3 is 9.32 Å². The Morgan fingerprint density at radius 1 is 0.522 bits per heavy atom. The highest BCUT2D eigenvalue weighted by atomic mass is 16.3. The summed E-state index contributed by atoms with van der Waals surface area (Å²) in [5.74, 6) is 3.32. The molecule has 6 aromatic carbocycles. The molecule has 222 valence electrons. The van der Waals surface area contributed by atoms with Crippen LogP contribution in [0.25, 0.3) is 43.8 Å². The standard InChI is InChI=1S/C44H35NO/c1-2-9-30-25-33(17-16-29(30)8-1)45(40-13-7-15-42-43(40)37-11-4-6-14-41(37)46-42)34-18-19-36-35-10-3-5-12-38(35)44(39(36)26-34)31-21-27-20-28(23-31)24-32(44)22-27/h1-19,25-28,31-32H,20-24H2. The zero-order valence-corrected chi connectivity index (χ0v) is 25.8. The van der Waals surface area contributed by atoms with Crippen LogP contribution in [0.15, 0.2) is 132 Å². The molecular formula is C44H35NO. The summed E-state index contributed by atoms with van der Waals surface area (Å²) in [7, 11) is 0. The van der Waals surface area contributed by atoms with Crippen LogP contribution in [-0.2, 0) is 5.41 Å². The maximum atomic E-state index is 6.43. The molecule has 12 rings (SSSR count). The number of nitrogens with zero attached hydrogens (tertiary/aromatic N) is 1. The highest BCUT2D eigenvalue weighted by Crippen LogP contribution is 2.69. The summed E-state index contributed by atoms with van der Waals surface area (Å²) in [6.45, 7) is 0. The van der Waals surface area contributed by atoms with Crippen LogP contribution in [0.1, 0.15) is 43.2 Å². The summed E-state index contributed by atoms with van der Waals surface area (Å²) in [6, 6.07) is 47.5. The van der Waals surface area contributed by atoms with Gasteiger partial charge in [0.25, 0.3) is 0 Å². The van der Waals surface area contributed by atoms with Crippen molar-refractivity contribution >= 4 is 49.8 Å². The number of hydrogen-bond acceptors (Lipinski definition) is 2. The summed E-state index contributed by atoms with van der Waals surface area (Å²) in [5, 5.41) is 4.83. The quantitative estimate of drug-likeness (QED) is 0.203. The predicted octanol–water partition coefficient (Wildman–Crippen LogP) is 11.9. The van der Waals surface area contributed by atoms with E-state index in [1.54, 1.807) is 11.1 Å². The van der Waals surface area contributed by atoms with Gasteiger partial charge in [-0.3, -0.25) is 0 Å². The Morgan fingerprint density at radius 3 is 2.07 bits per heavy atom. The van der Waals surface area contributed by atoms with Crippen LogP contribution in [0, 0.1) is 23.7 Å². The molecule has 0 N–H and O–H groups in total. The van der Waals surface area contributed by atoms with Crippen molar-refractivity contribution in [1.29, 1.82) is 0 Å². The number of anilines is 3. The lowest BCUT2D eigenvalue weighted by Gasteiger charge is -2.61. The Labute approximate surface area is 269 Å². The first-order chi connectivity index (χ1) is 22.8. The van der Waals surface area contributed by atoms with Crippen molar-refractivity contribution in [2.45, 2.75) is 37.5 Å². The molecule has 2 heteroatoms. The van der Waals surface area contributed by atoms with E-state index in [0.29, 0.717) is 0 Å². The fourth-order valence-corrected chi connectivity index (χ4v) is 11.0. The molecule has 0 saturated heterocycles. The lowest BCUT2D eigenvalue weighted by molar-refractivity contribution is -0.0399. The van der Waals surface area contributed by atoms with Gasteiger partial charge in [0.2, 0.25) is 0 Å². The van der Waals surface area contributed by atoms with Crippen LogP contribution in [0.2, 0.25) is 0 Å². The molecule has 7 aromatic rings. The van der Waals surface area contributed by atoms with Gasteiger partial charge in [0, 0.05) is 22.2 Å². The van der Waals surface area contributed by atoms with Crippen LogP contribution in [-0.4, -0.2) is 0 Å². The number of hydrogen-bond donors (Lipinski definition) is 0. The number of fused-ring (bicyclic) bond motifs is 7. The minimum Gasteiger partial charge on any atom is -0.456 e. The fraction of sp³-hybridized carbons (Fsp3) is 0.227. The fourth-order valence-electron chi connectivity index (χ4n) is 11.0. The van der Waals surface area contributed by atoms with E-state index in [1.807, 2.05) is 0 Å². The summed E-state index contributed by atoms with van der Waals surface area (Å²) in [4.78, 5) is 2.50. The largest absolute Gasteiger partial charge is 0.456 e. The van der Waals surface area contributed by atoms with Gasteiger partial charge >= 0.3 is 0 Å². The molecule has 1 aromatic heterocycles. The molecule has 2 nitrogen and oxygen atoms in total. The average molecular weight is 594 g/mol. The van der Waals surface area contributed by atoms with Crippen LogP contribution >= 0.6 is 0 Å². The SMILES string of the molecule is c1ccc2c(c1)-c1ccc(N(c3ccc4ccccc4c3)c3cccc4oc5ccccc5c34)cc1C21C2CC3CC(C2)CC1C3. The summed E-state index contributed by atoms with van der Waals surface area (Å²) < 4.78 is 6.43. The Balaban J connectivity index is 1.19. The van der Waals surface area contributed by atoms with Crippen LogP contribution in [0.3, 0.4) is 0 Å². The van der Waals surface area contributed by atoms with E-state index in [4.69, 9.17) is 4.42 Å². The first-order valence-corrected chi connectivity index (χ1v) is 17.2. The maximum Gasteiger partial charge on any atom is 0.137 e. The van der Waals surface area contributed by atoms with Gasteiger partial charge in [-0.1, -0.05) is 84.9 Å². The average Bonchev–Trinajstić information content (AvgIpc) is 3.61. The Bertz CT molecular complexity index is 2330. The molecule has 0 radical (unpaired) electrons. The highest BCUT2D eigenvalue weighted by Gasteiger charge is 2.61. The second-order valence-corrected chi connectivity index (χ2v) is 14.6. The van der Waals surface area contributed by atoms with E-state index in [0.717, 1.165) is 45.9 Å². The zero-order valence-electron chi connectivity index (χ0n) is 25.8. The topological polar surface area (TPSA) is 16.4 Å². The highest BCUT2D eigenvalue weighted by molar-refractivity contribution is 6.13. The van der Waals surface area contributed by atoms with Crippen LogP contribution in [0.4, 0.5) is 17.1 Å². The molecule has 4 fully saturated rings. The van der Waals surface area contributed by atoms with E-state index in [9.17, 15) is 0 Å². The Kier molecular flexibility index (Phi) is 5.04. The van der Waals surface area contributed by atoms with Gasteiger partial charge in [-0.25, -0.2) is 0 Å². The van der Waals surface area contributed by atoms with Gasteiger partial charge in [-0.2, -0.15) is 0 Å². The van der Waals surface area contributed by atoms with Gasteiger partial charge in [0.05, 0.1) is 11.1 Å². The van der Waals surface area contributed by atoms with E-state index in [1.165, 1.54) is 70.8 Å². The molecule has 46 heavy (non-hydrogen) atoms. The molecular weight excluding hydrogens is 558 g/mol. The van der Waals surface area contributed by atoms with E-state index >= 15 is 0 Å². The number of para-hydroxylation sites is 1. The third kappa shape index (κ3) is 3.27. The zero-order chi connectivity index (χ0) is 30.0. The van der Waals surface area contributed by atoms with Gasteiger partial charge in [-0.15, -0.1) is 0 Å². The smallest absolute Gasteiger partial charge is 0.137 e. The van der Waals surface area contributed by atoms with Crippen molar-refractivity contribution < 1.29 is 4.42 Å². The number of furan rings is 1. The van der Waals surface area contributed by atoms with E-state index < -0.39 is 0 Å². The van der Waals surface area contributed by atoms with Crippen molar-refractivity contribution in [3.63, 3.8) is 0 Å². The second-order valence-electron chi connectivity index (χ2n) is 14.6. The molecule has 0 aliphatic heterocycles. The molecule has 4 saturated carbocycles. The van der Waals surface area contributed by atoms with Gasteiger partial charge in [0.15, 0.2) is 0 Å². The van der Waals surface area contributed by atoms with Crippen molar-refractivity contribution in [3.8, 4) is 11.1 Å². The molecule has 1 spiro atoms. The third-order valence-electron chi connectivity index (χ3n) is 12.4. The van der Waals surface area contributed by atoms with E-state index in [-0.39, 0.29) is 5.41 Å². The normalized spacial score (nSPS) is 25.5. The Hall–Kier alpha value is -4.82. The number of rotatable bonds is 3. The first-order valence-electron chi connectivity index (χ1n) is 17.2. The molecule has 5 aliphatic carbocycles. The Morgan fingerprint density at radius 2 is 1.20 bits per heavy atom. The lowest BCUT2D eigenvalue weighted by atomic mass is 9.43. The summed E-state index contributed by atoms with van der Waals surface area (Å²) >= 11 is 0. The molecule has 5 aliphatic rings. The lowest BCUT2D eigenvalue weighted by Crippen LogP contribution is -2.55. The summed E-state index contributed by atoms with van der Waals surface area (Å²) in [6.07, 6.45) is 7.02. The molecule has 1 heterocycles. The molecule has 0 unspecified atom stereocenters. The predicted molar refractivity (Wildman–Crippen MR) is 189 cm³/mol. The second kappa shape index (κ2) is 9.13. The number of benzene rings is 6. The van der Waals surface area contributed by atoms with Gasteiger partial charge in [0.1, 0.15) is 11.2 Å². The van der Waals surface area contributed by atoms with Crippen LogP contribution < -0.4 is 4.90 Å². The van der Waals surface area contributed by atoms with Gasteiger partial charge in [-0.05, 0) is 131 Å². The van der Waals surface area contributed by atoms with Crippen molar-refractivity contribution in [3.05, 3.63) is 139 Å². The third-order valence-corrected chi connectivity index (χ3v) is 12.4. The minimum atomic E-state index is 0.124. The van der Waals surface area contributed by atoms with Crippen molar-refractivity contribution in [1.82, 2.24) is 0 Å². The molecule has 0 amide bonds. The van der Waals surface area contributed by atoms with E-state index in [2.05, 4.69) is 132 Å². The minimum absolute atomic E-state index is 0.124.